The van der Waals surface area contributed by atoms with E-state index in [1.807, 2.05) is 0 Å². The van der Waals surface area contributed by atoms with E-state index in [9.17, 15) is 67.6 Å². The van der Waals surface area contributed by atoms with E-state index in [0.717, 1.165) is 57.9 Å². The molecule has 0 saturated carbocycles. The second-order valence-corrected chi connectivity index (χ2v) is 37.7. The van der Waals surface area contributed by atoms with E-state index in [2.05, 4.69) is 104 Å². The molecule has 60 nitrogen and oxygen atoms in total. The number of halogens is 4. The first-order valence-corrected chi connectivity index (χ1v) is 46.6. The molecule has 24 atom stereocenters. The van der Waals surface area contributed by atoms with Crippen LogP contribution in [0.3, 0.4) is 0 Å². The summed E-state index contributed by atoms with van der Waals surface area (Å²) in [7, 11) is -29.5. The van der Waals surface area contributed by atoms with Gasteiger partial charge in [-0.05, 0) is 0 Å². The van der Waals surface area contributed by atoms with Crippen LogP contribution in [0.1, 0.15) is 56.6 Å². The molecular weight excluding hydrogens is 1950 g/mol. The summed E-state index contributed by atoms with van der Waals surface area (Å²) in [6.07, 6.45) is -20.2. The number of hydrogen-bond acceptors (Lipinski definition) is 49. The van der Waals surface area contributed by atoms with Crippen molar-refractivity contribution in [3.63, 3.8) is 0 Å². The van der Waals surface area contributed by atoms with Crippen LogP contribution in [-0.4, -0.2) is 274 Å². The van der Waals surface area contributed by atoms with Gasteiger partial charge in [-0.25, -0.2) is 87.0 Å². The fourth-order valence-electron chi connectivity index (χ4n) is 15.6. The summed E-state index contributed by atoms with van der Waals surface area (Å²) in [4.78, 5) is 119. The minimum absolute atomic E-state index is 0. The van der Waals surface area contributed by atoms with Crippen LogP contribution in [0.5, 0.6) is 0 Å². The Hall–Kier alpha value is -7.48. The molecule has 0 aliphatic carbocycles. The molecular formula is C60H63F4N31Na3O29P3S3. The molecule has 9 aliphatic rings. The number of nitrogens with zero attached hydrogens (tertiary/aromatic N) is 22. The fourth-order valence-corrected chi connectivity index (χ4v) is 21.3. The summed E-state index contributed by atoms with van der Waals surface area (Å²) < 4.78 is 272. The van der Waals surface area contributed by atoms with E-state index in [4.69, 9.17) is 91.0 Å². The quantitative estimate of drug-likeness (QED) is 0.0424. The minimum Gasteiger partial charge on any atom is -0.756 e. The molecule has 0 aromatic carbocycles. The maximum Gasteiger partial charge on any atom is 1.00 e. The number of rotatable bonds is 6. The monoisotopic (exact) mass is 2020 g/mol. The molecule has 0 amide bonds. The van der Waals surface area contributed by atoms with Gasteiger partial charge in [0.2, 0.25) is 0 Å². The number of phosphoric ester groups is 3. The van der Waals surface area contributed by atoms with E-state index >= 15 is 13.2 Å². The van der Waals surface area contributed by atoms with Crippen LogP contribution < -0.4 is 152 Å². The van der Waals surface area contributed by atoms with E-state index in [0.29, 0.717) is 0 Å². The first-order valence-electron chi connectivity index (χ1n) is 38.0. The number of alkyl halides is 3. The molecule has 73 heteroatoms. The molecule has 133 heavy (non-hydrogen) atoms. The zero-order valence-electron chi connectivity index (χ0n) is 67.9. The third-order valence-electron chi connectivity index (χ3n) is 21.5. The molecule has 21 heterocycles. The maximum absolute atomic E-state index is 15.8. The van der Waals surface area contributed by atoms with Gasteiger partial charge in [0, 0.05) is 45.1 Å². The van der Waals surface area contributed by atoms with Crippen LogP contribution in [-0.2, 0) is 113 Å². The van der Waals surface area contributed by atoms with Crippen LogP contribution in [0, 0.1) is 5.82 Å². The average molecular weight is 2020 g/mol. The summed E-state index contributed by atoms with van der Waals surface area (Å²) in [5.74, 6) is -0.828. The van der Waals surface area contributed by atoms with Gasteiger partial charge in [0.15, 0.2) is 118 Å². The molecule has 9 saturated heterocycles. The second-order valence-electron chi connectivity index (χ2n) is 29.5. The van der Waals surface area contributed by atoms with Gasteiger partial charge >= 0.3 is 120 Å². The van der Waals surface area contributed by atoms with Crippen LogP contribution in [0.15, 0.2) is 78.9 Å². The van der Waals surface area contributed by atoms with Crippen LogP contribution in [0.2, 0.25) is 0 Å². The van der Waals surface area contributed by atoms with Crippen molar-refractivity contribution >= 4 is 144 Å². The molecule has 3 unspecified atom stereocenters. The van der Waals surface area contributed by atoms with Gasteiger partial charge in [0.25, 0.3) is 34.6 Å². The molecule has 21 rings (SSSR count). The summed E-state index contributed by atoms with van der Waals surface area (Å²) in [5, 5.41) is 11.7. The zero-order chi connectivity index (χ0) is 91.2. The van der Waals surface area contributed by atoms with Crippen LogP contribution >= 0.6 is 23.5 Å². The van der Waals surface area contributed by atoms with Crippen molar-refractivity contribution in [2.75, 3.05) is 62.4 Å². The largest absolute Gasteiger partial charge is 1.00 e. The Morgan fingerprint density at radius 2 is 0.782 bits per heavy atom. The number of anilines is 4. The molecule has 0 radical (unpaired) electrons. The molecule has 696 valence electrons. The van der Waals surface area contributed by atoms with Crippen molar-refractivity contribution in [1.82, 2.24) is 132 Å². The number of nitrogens with one attached hydrogen (secondary N) is 5. The summed E-state index contributed by atoms with van der Waals surface area (Å²) in [6, 6.07) is 0. The Labute approximate surface area is 804 Å². The summed E-state index contributed by atoms with van der Waals surface area (Å²) in [6.45, 7) is -4.30. The van der Waals surface area contributed by atoms with Gasteiger partial charge < -0.3 is 108 Å². The third-order valence-corrected chi connectivity index (χ3v) is 27.5. The van der Waals surface area contributed by atoms with Crippen molar-refractivity contribution in [1.29, 1.82) is 0 Å². The topological polar surface area (TPSA) is 803 Å². The predicted octanol–water partition coefficient (Wildman–Crippen LogP) is -14.1. The normalized spacial score (nSPS) is 33.9. The maximum atomic E-state index is 15.8. The number of nitrogens with two attached hydrogens (primary N) is 4. The van der Waals surface area contributed by atoms with E-state index in [1.165, 1.54) is 39.1 Å². The Morgan fingerprint density at radius 3 is 1.20 bits per heavy atom. The van der Waals surface area contributed by atoms with Gasteiger partial charge in [0.05, 0.1) is 57.7 Å². The Kier molecular flexibility index (Phi) is 28.4. The van der Waals surface area contributed by atoms with Crippen LogP contribution in [0.4, 0.5) is 40.8 Å². The molecule has 0 spiro atoms. The van der Waals surface area contributed by atoms with Crippen molar-refractivity contribution in [3.8, 4) is 0 Å². The first-order chi connectivity index (χ1) is 61.9. The number of phosphoric acid groups is 3. The number of hydrogen-bond donors (Lipinski definition) is 9. The Morgan fingerprint density at radius 1 is 0.421 bits per heavy atom. The number of imidazole rings is 3. The van der Waals surface area contributed by atoms with Crippen molar-refractivity contribution in [3.05, 3.63) is 95.9 Å². The van der Waals surface area contributed by atoms with Crippen LogP contribution in [0.25, 0.3) is 66.7 Å². The zero-order valence-corrected chi connectivity index (χ0v) is 79.0. The molecule has 0 bridgehead atoms. The summed E-state index contributed by atoms with van der Waals surface area (Å²) in [5.41, 5.74) is 23.0. The van der Waals surface area contributed by atoms with Gasteiger partial charge in [0.1, 0.15) is 132 Å². The minimum atomic E-state index is -5.30. The number of H-pyrrole nitrogens is 2. The average Bonchev–Trinajstić information content (AvgIpc) is 1.61. The summed E-state index contributed by atoms with van der Waals surface area (Å²) >= 11 is 0. The number of fused-ring (bicyclic) bond motifs is 12. The van der Waals surface area contributed by atoms with Crippen molar-refractivity contribution in [2.45, 2.75) is 148 Å². The van der Waals surface area contributed by atoms with Crippen molar-refractivity contribution in [2.24, 2.45) is 0 Å². The molecule has 12 aromatic rings. The van der Waals surface area contributed by atoms with Gasteiger partial charge in [-0.2, -0.15) is 49.2 Å². The number of aromatic amines is 2. The SMILES string of the molecule is Nc1ncnc2c1ncn2[C@@H]1O[C@@H]2CNS(=O)(=O)O[C@H]3C[C@H](n4cc(F)c5c(=O)[nH]cnc54)O[C@@H]3COP(=O)([O-])O[C@H]2[C@H]1F.Nc1ncnc2c1ncn2[C@@H]1O[C@@H]2CNS(=O)(=O)O[C@H]3C[C@H](n4ncc5c(=O)[nH]cnc54)O[C@@H]3COP(=O)([O-])O[C@H]2[C@H]1F.Nc1ncnc2c1ncn2[C@@H]1O[C@@H]2CNS(=O)(=O)O[C@H]3C[C@H](n4nnc5c(N)ncnc54)O[C@@H]3COP(=O)([O-])O[C@H]2[C@H]1F.[Na+].[Na+].[Na+]. The third kappa shape index (κ3) is 19.8. The van der Waals surface area contributed by atoms with Gasteiger partial charge in [-0.1, -0.05) is 5.21 Å². The molecule has 12 aromatic heterocycles. The van der Waals surface area contributed by atoms with E-state index in [1.54, 1.807) is 0 Å². The number of ether oxygens (including phenoxy) is 6. The standard InChI is InChI=1S/C21H22F2N9O10PS.C20H22FN10O10PS.C19H22FN12O9PS.3Na/c22-8-3-31(18-13(8)20(33)28-6-26-18)12-1-9-11(39-12)4-38-43(34,35)41-16-10(2-30-44(36,37)42-9)40-21(14(16)23)32-7-29-15-17(24)25-5-27-19(15)32;21-13-15-10(39-20(13)30-7-27-14-16(22)23-5-25-18(14)30)3-29-43(35,36)41-9-1-12(38-11(9)4-37-42(33,34)40-15)31-17-8(2-28-31)19(32)26-6-24-17;20-11-14-8(39-19(11)31-6-27-12-15(21)23-4-25-17(12)31)2-28-43(35,36)41-7-1-10(38-9(7)3-37-42(33,34)40-14)32-18-13(29-30-32)16(22)24-5-26-18;;;/h3,5-7,9-12,14,16,21,30H,1-2,4H2,(H,34,35)(H2,24,25,27)(H,26,28,33);2,5-7,9-13,15,20,29H,1,3-4H2,(H,33,34)(H2,22,23,25)(H,24,26,32);4-11,14,19,28H,1-3H2,(H,33,34)(H2,21,23,25)(H2,22,24,26);;;/q;;;3*+1/p-3/t9-,10+,11+,12+,14+,16+,21+;9-,10+,11+,12+,13+,15+,20+;7-,8+,9+,10+,11+,14+,19+;;;/m000.../s1. The number of aromatic nitrogens is 24. The molecule has 9 aliphatic heterocycles. The molecule has 9 fully saturated rings. The van der Waals surface area contributed by atoms with Gasteiger partial charge in [-0.3, -0.25) is 49.5 Å². The fraction of sp³-hybridized carbons (Fsp3) is 0.500. The Bertz CT molecular complexity index is 7080. The predicted molar refractivity (Wildman–Crippen MR) is 408 cm³/mol. The smallest absolute Gasteiger partial charge is 0.756 e. The van der Waals surface area contributed by atoms with Gasteiger partial charge in [-0.15, -0.1) is 5.10 Å². The molecule has 13 N–H and O–H groups in total. The van der Waals surface area contributed by atoms with Crippen molar-refractivity contribution < 1.29 is 228 Å². The van der Waals surface area contributed by atoms with E-state index < -0.39 is 240 Å². The Balaban J connectivity index is 0.000000144. The first kappa shape index (κ1) is 98.6. The van der Waals surface area contributed by atoms with E-state index in [-0.39, 0.29) is 198 Å². The number of nitrogen functional groups attached to an aromatic ring is 4. The second kappa shape index (κ2) is 38.4.